The van der Waals surface area contributed by atoms with Gasteiger partial charge in [0.1, 0.15) is 25.8 Å². The molecule has 0 heterocycles. The Morgan fingerprint density at radius 3 is 2.11 bits per heavy atom. The fraction of sp³-hybridized carbons (Fsp3) is 0.846. The minimum absolute atomic E-state index is 0.000688. The van der Waals surface area contributed by atoms with Crippen LogP contribution in [0.5, 0.6) is 0 Å². The molecule has 114 valence electrons. The molecule has 6 heteroatoms. The summed E-state index contributed by atoms with van der Waals surface area (Å²) in [5, 5.41) is 19.8. The summed E-state index contributed by atoms with van der Waals surface area (Å²) in [6.45, 7) is 7.01. The maximum Gasteiger partial charge on any atom is 0.146 e. The first-order valence-electron chi connectivity index (χ1n) is 6.08. The zero-order valence-electron chi connectivity index (χ0n) is 12.2. The van der Waals surface area contributed by atoms with E-state index in [1.165, 1.54) is 14.2 Å². The van der Waals surface area contributed by atoms with Gasteiger partial charge in [0.25, 0.3) is 0 Å². The van der Waals surface area contributed by atoms with Gasteiger partial charge < -0.3 is 29.2 Å². The Kier molecular flexibility index (Phi) is 9.16. The molecule has 0 rings (SSSR count). The van der Waals surface area contributed by atoms with Crippen LogP contribution in [0.4, 0.5) is 0 Å². The molecular weight excluding hydrogens is 252 g/mol. The molecule has 0 radical (unpaired) electrons. The van der Waals surface area contributed by atoms with Gasteiger partial charge in [-0.3, -0.25) is 0 Å². The Hall–Kier alpha value is -0.500. The molecule has 0 unspecified atom stereocenters. The lowest BCUT2D eigenvalue weighted by molar-refractivity contribution is -0.204. The van der Waals surface area contributed by atoms with Crippen molar-refractivity contribution in [1.82, 2.24) is 0 Å². The Morgan fingerprint density at radius 1 is 1.16 bits per heavy atom. The van der Waals surface area contributed by atoms with Crippen LogP contribution >= 0.6 is 0 Å². The standard InChI is InChI=1S/C13H26O6/c1-6-13(2,3)12(15)11(19-9-17-5)10(7-14)18-8-16-4/h6,10-12,14-15H,1,7-9H2,2-5H3/t10-,11+,12-/m1/s1. The van der Waals surface area contributed by atoms with Crippen LogP contribution in [0.3, 0.4) is 0 Å². The second-order valence-electron chi connectivity index (χ2n) is 4.80. The fourth-order valence-electron chi connectivity index (χ4n) is 1.50. The van der Waals surface area contributed by atoms with Crippen molar-refractivity contribution < 1.29 is 29.2 Å². The molecular formula is C13H26O6. The molecule has 0 bridgehead atoms. The maximum absolute atomic E-state index is 10.4. The van der Waals surface area contributed by atoms with Gasteiger partial charge in [-0.15, -0.1) is 6.58 Å². The lowest BCUT2D eigenvalue weighted by atomic mass is 9.82. The fourth-order valence-corrected chi connectivity index (χ4v) is 1.50. The monoisotopic (exact) mass is 278 g/mol. The van der Waals surface area contributed by atoms with Crippen molar-refractivity contribution in [2.24, 2.45) is 5.41 Å². The highest BCUT2D eigenvalue weighted by molar-refractivity contribution is 4.98. The van der Waals surface area contributed by atoms with Crippen molar-refractivity contribution in [3.63, 3.8) is 0 Å². The Labute approximate surface area is 114 Å². The van der Waals surface area contributed by atoms with Gasteiger partial charge in [-0.2, -0.15) is 0 Å². The molecule has 19 heavy (non-hydrogen) atoms. The van der Waals surface area contributed by atoms with E-state index in [-0.39, 0.29) is 20.2 Å². The summed E-state index contributed by atoms with van der Waals surface area (Å²) < 4.78 is 20.4. The van der Waals surface area contributed by atoms with E-state index >= 15 is 0 Å². The van der Waals surface area contributed by atoms with Crippen molar-refractivity contribution in [2.45, 2.75) is 32.2 Å². The summed E-state index contributed by atoms with van der Waals surface area (Å²) in [7, 11) is 2.95. The quantitative estimate of drug-likeness (QED) is 0.424. The largest absolute Gasteiger partial charge is 0.394 e. The molecule has 3 atom stereocenters. The highest BCUT2D eigenvalue weighted by Crippen LogP contribution is 2.27. The van der Waals surface area contributed by atoms with E-state index in [2.05, 4.69) is 6.58 Å². The van der Waals surface area contributed by atoms with Gasteiger partial charge in [0.15, 0.2) is 0 Å². The van der Waals surface area contributed by atoms with E-state index in [9.17, 15) is 10.2 Å². The van der Waals surface area contributed by atoms with Crippen LogP contribution in [0.25, 0.3) is 0 Å². The molecule has 0 aliphatic carbocycles. The van der Waals surface area contributed by atoms with E-state index in [1.807, 2.05) is 13.8 Å². The number of aliphatic hydroxyl groups is 2. The smallest absolute Gasteiger partial charge is 0.146 e. The molecule has 6 nitrogen and oxygen atoms in total. The highest BCUT2D eigenvalue weighted by Gasteiger charge is 2.38. The van der Waals surface area contributed by atoms with Crippen LogP contribution < -0.4 is 0 Å². The van der Waals surface area contributed by atoms with Crippen molar-refractivity contribution in [3.8, 4) is 0 Å². The first kappa shape index (κ1) is 18.5. The van der Waals surface area contributed by atoms with Crippen LogP contribution in [-0.4, -0.2) is 62.9 Å². The van der Waals surface area contributed by atoms with Gasteiger partial charge in [-0.1, -0.05) is 19.9 Å². The van der Waals surface area contributed by atoms with Crippen LogP contribution in [0.1, 0.15) is 13.8 Å². The van der Waals surface area contributed by atoms with Gasteiger partial charge in [0, 0.05) is 19.6 Å². The molecule has 0 aliphatic heterocycles. The SMILES string of the molecule is C=CC(C)(C)[C@H](O)[C@@H](OCOC)[C@@H](CO)OCOC. The first-order valence-corrected chi connectivity index (χ1v) is 6.08. The van der Waals surface area contributed by atoms with Crippen LogP contribution in [0.15, 0.2) is 12.7 Å². The van der Waals surface area contributed by atoms with E-state index < -0.39 is 23.7 Å². The first-order chi connectivity index (χ1) is 8.94. The van der Waals surface area contributed by atoms with Gasteiger partial charge in [0.2, 0.25) is 0 Å². The van der Waals surface area contributed by atoms with Crippen molar-refractivity contribution in [1.29, 1.82) is 0 Å². The molecule has 2 N–H and O–H groups in total. The third kappa shape index (κ3) is 5.99. The normalized spacial score (nSPS) is 16.9. The second-order valence-corrected chi connectivity index (χ2v) is 4.80. The van der Waals surface area contributed by atoms with E-state index in [0.29, 0.717) is 0 Å². The Bertz CT molecular complexity index is 243. The van der Waals surface area contributed by atoms with Crippen molar-refractivity contribution in [2.75, 3.05) is 34.4 Å². The molecule has 0 saturated heterocycles. The van der Waals surface area contributed by atoms with Gasteiger partial charge in [0.05, 0.1) is 12.7 Å². The average molecular weight is 278 g/mol. The number of methoxy groups -OCH3 is 2. The van der Waals surface area contributed by atoms with Crippen LogP contribution in [0.2, 0.25) is 0 Å². The third-order valence-electron chi connectivity index (χ3n) is 2.92. The third-order valence-corrected chi connectivity index (χ3v) is 2.92. The predicted octanol–water partition coefficient (Wildman–Crippen LogP) is 0.530. The highest BCUT2D eigenvalue weighted by atomic mass is 16.7. The minimum atomic E-state index is -0.908. The van der Waals surface area contributed by atoms with Crippen molar-refractivity contribution >= 4 is 0 Å². The summed E-state index contributed by atoms with van der Waals surface area (Å²) in [6.07, 6.45) is -0.752. The van der Waals surface area contributed by atoms with Gasteiger partial charge in [-0.25, -0.2) is 0 Å². The lowest BCUT2D eigenvalue weighted by Crippen LogP contribution is -2.49. The van der Waals surface area contributed by atoms with Gasteiger partial charge in [-0.05, 0) is 0 Å². The molecule has 0 aromatic rings. The zero-order valence-corrected chi connectivity index (χ0v) is 12.2. The minimum Gasteiger partial charge on any atom is -0.394 e. The molecule has 0 amide bonds. The van der Waals surface area contributed by atoms with E-state index in [0.717, 1.165) is 0 Å². The molecule has 0 fully saturated rings. The number of hydrogen-bond donors (Lipinski definition) is 2. The van der Waals surface area contributed by atoms with Crippen LogP contribution in [-0.2, 0) is 18.9 Å². The summed E-state index contributed by atoms with van der Waals surface area (Å²) in [5.74, 6) is 0. The summed E-state index contributed by atoms with van der Waals surface area (Å²) in [6, 6.07) is 0. The van der Waals surface area contributed by atoms with E-state index in [1.54, 1.807) is 6.08 Å². The summed E-state index contributed by atoms with van der Waals surface area (Å²) in [4.78, 5) is 0. The Morgan fingerprint density at radius 2 is 1.68 bits per heavy atom. The molecule has 0 spiro atoms. The molecule has 0 aliphatic rings. The maximum atomic E-state index is 10.4. The van der Waals surface area contributed by atoms with Crippen LogP contribution in [0, 0.1) is 5.41 Å². The number of ether oxygens (including phenoxy) is 4. The Balaban J connectivity index is 4.88. The average Bonchev–Trinajstić information content (AvgIpc) is 2.41. The van der Waals surface area contributed by atoms with Crippen molar-refractivity contribution in [3.05, 3.63) is 12.7 Å². The summed E-state index contributed by atoms with van der Waals surface area (Å²) >= 11 is 0. The molecule has 0 saturated carbocycles. The number of rotatable bonds is 11. The predicted molar refractivity (Wildman–Crippen MR) is 70.6 cm³/mol. The van der Waals surface area contributed by atoms with Gasteiger partial charge >= 0.3 is 0 Å². The number of aliphatic hydroxyl groups excluding tert-OH is 2. The lowest BCUT2D eigenvalue weighted by Gasteiger charge is -2.36. The topological polar surface area (TPSA) is 77.4 Å². The second kappa shape index (κ2) is 9.41. The molecule has 0 aromatic carbocycles. The number of hydrogen-bond acceptors (Lipinski definition) is 6. The summed E-state index contributed by atoms with van der Waals surface area (Å²) in [5.41, 5.74) is -0.595. The van der Waals surface area contributed by atoms with E-state index in [4.69, 9.17) is 18.9 Å². The zero-order chi connectivity index (χ0) is 14.9. The molecule has 0 aromatic heterocycles.